The third-order valence-electron chi connectivity index (χ3n) is 2.78. The van der Waals surface area contributed by atoms with Crippen molar-refractivity contribution in [1.29, 1.82) is 0 Å². The molecule has 0 spiro atoms. The maximum absolute atomic E-state index is 5.57. The highest BCUT2D eigenvalue weighted by Crippen LogP contribution is 2.30. The van der Waals surface area contributed by atoms with Gasteiger partial charge in [-0.1, -0.05) is 13.8 Å². The summed E-state index contributed by atoms with van der Waals surface area (Å²) in [6, 6.07) is 1.01. The van der Waals surface area contributed by atoms with Gasteiger partial charge in [-0.05, 0) is 31.0 Å². The summed E-state index contributed by atoms with van der Waals surface area (Å²) in [5, 5.41) is 0. The van der Waals surface area contributed by atoms with Crippen LogP contribution in [0.15, 0.2) is 0 Å². The lowest BCUT2D eigenvalue weighted by molar-refractivity contribution is 0.229. The van der Waals surface area contributed by atoms with E-state index in [2.05, 4.69) is 13.8 Å². The number of hydrogen-bond donors (Lipinski definition) is 2. The first-order valence-corrected chi connectivity index (χ1v) is 7.07. The average Bonchev–Trinajstić information content (AvgIpc) is 2.18. The zero-order valence-corrected chi connectivity index (χ0v) is 11.0. The smallest absolute Gasteiger partial charge is 0.340 e. The minimum atomic E-state index is -1.91. The molecule has 0 aromatic heterocycles. The van der Waals surface area contributed by atoms with E-state index in [1.807, 2.05) is 0 Å². The summed E-state index contributed by atoms with van der Waals surface area (Å²) < 4.78 is 11.1. The fourth-order valence-corrected chi connectivity index (χ4v) is 4.66. The molecule has 14 heavy (non-hydrogen) atoms. The molecule has 0 amide bonds. The van der Waals surface area contributed by atoms with E-state index in [1.54, 1.807) is 14.2 Å². The molecular weight excluding hydrogens is 196 g/mol. The van der Waals surface area contributed by atoms with Crippen LogP contribution in [0.1, 0.15) is 26.7 Å². The number of hydrogen-bond acceptors (Lipinski definition) is 4. The molecular formula is C9H26N2O2Si. The minimum absolute atomic E-state index is 0. The molecule has 1 atom stereocenters. The molecule has 4 nitrogen and oxygen atoms in total. The maximum Gasteiger partial charge on any atom is 0.340 e. The molecule has 0 aliphatic carbocycles. The third-order valence-corrected chi connectivity index (χ3v) is 6.93. The van der Waals surface area contributed by atoms with Crippen molar-refractivity contribution in [1.82, 2.24) is 6.15 Å². The first kappa shape index (κ1) is 16.5. The zero-order chi connectivity index (χ0) is 10.3. The maximum atomic E-state index is 5.57. The Morgan fingerprint density at radius 3 is 2.07 bits per heavy atom. The second-order valence-corrected chi connectivity index (χ2v) is 7.54. The molecule has 0 aromatic rings. The topological polar surface area (TPSA) is 79.5 Å². The van der Waals surface area contributed by atoms with Gasteiger partial charge < -0.3 is 20.7 Å². The first-order valence-electron chi connectivity index (χ1n) is 4.97. The van der Waals surface area contributed by atoms with Crippen LogP contribution in [0.4, 0.5) is 0 Å². The van der Waals surface area contributed by atoms with Gasteiger partial charge >= 0.3 is 8.56 Å². The van der Waals surface area contributed by atoms with Crippen LogP contribution in [-0.4, -0.2) is 29.3 Å². The van der Waals surface area contributed by atoms with Crippen LogP contribution in [-0.2, 0) is 8.85 Å². The van der Waals surface area contributed by atoms with Gasteiger partial charge in [0.1, 0.15) is 0 Å². The van der Waals surface area contributed by atoms with E-state index in [-0.39, 0.29) is 6.15 Å². The summed E-state index contributed by atoms with van der Waals surface area (Å²) in [6.45, 7) is 5.10. The molecule has 0 saturated heterocycles. The van der Waals surface area contributed by atoms with Gasteiger partial charge in [-0.25, -0.2) is 0 Å². The van der Waals surface area contributed by atoms with Gasteiger partial charge in [-0.3, -0.25) is 0 Å². The van der Waals surface area contributed by atoms with Crippen LogP contribution in [0.2, 0.25) is 11.6 Å². The Balaban J connectivity index is 0. The quantitative estimate of drug-likeness (QED) is 0.646. The van der Waals surface area contributed by atoms with Gasteiger partial charge in [0.15, 0.2) is 0 Å². The molecule has 0 fully saturated rings. The van der Waals surface area contributed by atoms with Crippen LogP contribution in [0.3, 0.4) is 0 Å². The molecule has 0 aliphatic rings. The van der Waals surface area contributed by atoms with E-state index in [0.29, 0.717) is 5.54 Å². The number of nitrogens with two attached hydrogens (primary N) is 1. The minimum Gasteiger partial charge on any atom is -0.397 e. The van der Waals surface area contributed by atoms with Crippen molar-refractivity contribution in [2.24, 2.45) is 5.73 Å². The SMILES string of the molecule is CC[Si](OC)(OC)C(C)CCCN.N. The van der Waals surface area contributed by atoms with Crippen molar-refractivity contribution in [3.8, 4) is 0 Å². The second-order valence-electron chi connectivity index (χ2n) is 3.41. The van der Waals surface area contributed by atoms with Crippen molar-refractivity contribution < 1.29 is 8.85 Å². The Kier molecular flexibility index (Phi) is 9.86. The molecule has 5 N–H and O–H groups in total. The van der Waals surface area contributed by atoms with E-state index >= 15 is 0 Å². The molecule has 0 bridgehead atoms. The summed E-state index contributed by atoms with van der Waals surface area (Å²) in [5.74, 6) is 0. The number of rotatable bonds is 7. The van der Waals surface area contributed by atoms with Crippen molar-refractivity contribution in [2.45, 2.75) is 38.3 Å². The summed E-state index contributed by atoms with van der Waals surface area (Å²) in [6.07, 6.45) is 2.17. The van der Waals surface area contributed by atoms with E-state index in [1.165, 1.54) is 0 Å². The molecule has 0 heterocycles. The Hall–Kier alpha value is 0.0569. The Labute approximate surface area is 89.0 Å². The van der Waals surface area contributed by atoms with Crippen LogP contribution in [0.5, 0.6) is 0 Å². The predicted molar refractivity (Wildman–Crippen MR) is 63.0 cm³/mol. The predicted octanol–water partition coefficient (Wildman–Crippen LogP) is 2.03. The van der Waals surface area contributed by atoms with Crippen LogP contribution in [0.25, 0.3) is 0 Å². The fraction of sp³-hybridized carbons (Fsp3) is 1.00. The van der Waals surface area contributed by atoms with E-state index in [0.717, 1.165) is 25.4 Å². The van der Waals surface area contributed by atoms with E-state index in [9.17, 15) is 0 Å². The lowest BCUT2D eigenvalue weighted by Gasteiger charge is -2.32. The van der Waals surface area contributed by atoms with Gasteiger partial charge in [0.2, 0.25) is 0 Å². The van der Waals surface area contributed by atoms with Crippen LogP contribution < -0.4 is 11.9 Å². The zero-order valence-electron chi connectivity index (χ0n) is 10.0. The van der Waals surface area contributed by atoms with Gasteiger partial charge in [-0.2, -0.15) is 0 Å². The standard InChI is InChI=1S/C9H23NO2Si.H3N/c1-5-13(11-3,12-4)9(2)7-6-8-10;/h9H,5-8,10H2,1-4H3;1H3. The summed E-state index contributed by atoms with van der Waals surface area (Å²) in [4.78, 5) is 0. The van der Waals surface area contributed by atoms with Gasteiger partial charge in [0.05, 0.1) is 0 Å². The highest BCUT2D eigenvalue weighted by Gasteiger charge is 2.39. The molecule has 0 saturated carbocycles. The lowest BCUT2D eigenvalue weighted by Crippen LogP contribution is -2.43. The van der Waals surface area contributed by atoms with E-state index in [4.69, 9.17) is 14.6 Å². The largest absolute Gasteiger partial charge is 0.397 e. The molecule has 1 unspecified atom stereocenters. The summed E-state index contributed by atoms with van der Waals surface area (Å²) >= 11 is 0. The average molecular weight is 222 g/mol. The molecule has 0 aliphatic heterocycles. The fourth-order valence-electron chi connectivity index (χ4n) is 1.77. The highest BCUT2D eigenvalue weighted by molar-refractivity contribution is 6.68. The van der Waals surface area contributed by atoms with Crippen LogP contribution >= 0.6 is 0 Å². The Bertz CT molecular complexity index is 124. The summed E-state index contributed by atoms with van der Waals surface area (Å²) in [5.41, 5.74) is 6.00. The van der Waals surface area contributed by atoms with Gasteiger partial charge in [0, 0.05) is 14.2 Å². The van der Waals surface area contributed by atoms with Crippen molar-refractivity contribution in [3.05, 3.63) is 0 Å². The monoisotopic (exact) mass is 222 g/mol. The second kappa shape index (κ2) is 8.37. The first-order chi connectivity index (χ1) is 6.16. The molecule has 0 aromatic carbocycles. The Morgan fingerprint density at radius 1 is 1.29 bits per heavy atom. The summed E-state index contributed by atoms with van der Waals surface area (Å²) in [7, 11) is 1.61. The van der Waals surface area contributed by atoms with Crippen molar-refractivity contribution in [2.75, 3.05) is 20.8 Å². The highest BCUT2D eigenvalue weighted by atomic mass is 28.4. The Morgan fingerprint density at radius 2 is 1.79 bits per heavy atom. The third kappa shape index (κ3) is 4.06. The van der Waals surface area contributed by atoms with Crippen LogP contribution in [0, 0.1) is 0 Å². The van der Waals surface area contributed by atoms with Crippen molar-refractivity contribution in [3.63, 3.8) is 0 Å². The molecule has 88 valence electrons. The van der Waals surface area contributed by atoms with Gasteiger partial charge in [-0.15, -0.1) is 0 Å². The molecule has 0 radical (unpaired) electrons. The normalized spacial score (nSPS) is 13.5. The molecule has 0 rings (SSSR count). The van der Waals surface area contributed by atoms with E-state index < -0.39 is 8.56 Å². The van der Waals surface area contributed by atoms with Crippen molar-refractivity contribution >= 4 is 8.56 Å². The molecule has 5 heteroatoms. The lowest BCUT2D eigenvalue weighted by atomic mass is 10.2. The van der Waals surface area contributed by atoms with Gasteiger partial charge in [0.25, 0.3) is 0 Å².